The summed E-state index contributed by atoms with van der Waals surface area (Å²) in [6.45, 7) is 0. The minimum atomic E-state index is -0.616. The Labute approximate surface area is 181 Å². The van der Waals surface area contributed by atoms with Gasteiger partial charge >= 0.3 is 0 Å². The summed E-state index contributed by atoms with van der Waals surface area (Å²) in [7, 11) is 3.86. The van der Waals surface area contributed by atoms with Crippen LogP contribution in [-0.4, -0.2) is 35.8 Å². The second-order valence-corrected chi connectivity index (χ2v) is 7.34. The molecule has 1 heterocycles. The molecule has 0 saturated heterocycles. The van der Waals surface area contributed by atoms with Gasteiger partial charge in [-0.15, -0.1) is 0 Å². The van der Waals surface area contributed by atoms with Crippen LogP contribution in [0.4, 0.5) is 11.4 Å². The van der Waals surface area contributed by atoms with E-state index in [1.54, 1.807) is 12.1 Å². The van der Waals surface area contributed by atoms with Gasteiger partial charge in [-0.3, -0.25) is 9.59 Å². The number of nitrogens with one attached hydrogen (secondary N) is 1. The second-order valence-electron chi connectivity index (χ2n) is 7.34. The van der Waals surface area contributed by atoms with E-state index in [2.05, 4.69) is 15.3 Å². The van der Waals surface area contributed by atoms with Crippen LogP contribution < -0.4 is 10.2 Å². The Hall–Kier alpha value is -4.05. The van der Waals surface area contributed by atoms with E-state index in [-0.39, 0.29) is 29.5 Å². The van der Waals surface area contributed by atoms with E-state index >= 15 is 0 Å². The molecule has 31 heavy (non-hydrogen) atoms. The van der Waals surface area contributed by atoms with Crippen LogP contribution in [-0.2, 0) is 11.2 Å². The normalized spacial score (nSPS) is 11.3. The molecule has 3 rings (SSSR count). The predicted octanol–water partition coefficient (Wildman–Crippen LogP) is 3.48. The Balaban J connectivity index is 1.81. The Kier molecular flexibility index (Phi) is 7.07. The third-order valence-corrected chi connectivity index (χ3v) is 4.91. The van der Waals surface area contributed by atoms with E-state index in [0.717, 1.165) is 11.3 Å². The molecule has 0 bridgehead atoms. The van der Waals surface area contributed by atoms with Crippen LogP contribution in [0.15, 0.2) is 67.1 Å². The summed E-state index contributed by atoms with van der Waals surface area (Å²) in [6.07, 6.45) is 3.06. The lowest BCUT2D eigenvalue weighted by atomic mass is 9.91. The first kappa shape index (κ1) is 21.7. The van der Waals surface area contributed by atoms with Gasteiger partial charge in [0.25, 0.3) is 0 Å². The molecule has 7 nitrogen and oxygen atoms in total. The average molecular weight is 413 g/mol. The minimum absolute atomic E-state index is 0.0393. The van der Waals surface area contributed by atoms with Crippen LogP contribution in [0.25, 0.3) is 0 Å². The number of nitrogens with zero attached hydrogens (tertiary/aromatic N) is 4. The highest BCUT2D eigenvalue weighted by Crippen LogP contribution is 2.21. The molecule has 1 N–H and O–H groups in total. The Morgan fingerprint density at radius 3 is 2.45 bits per heavy atom. The maximum Gasteiger partial charge on any atom is 0.228 e. The molecule has 0 spiro atoms. The summed E-state index contributed by atoms with van der Waals surface area (Å²) in [4.78, 5) is 35.7. The monoisotopic (exact) mass is 413 g/mol. The molecule has 0 aliphatic carbocycles. The number of ketones is 1. The van der Waals surface area contributed by atoms with Crippen molar-refractivity contribution in [2.75, 3.05) is 24.3 Å². The van der Waals surface area contributed by atoms with Gasteiger partial charge < -0.3 is 10.2 Å². The fourth-order valence-electron chi connectivity index (χ4n) is 3.19. The zero-order valence-corrected chi connectivity index (χ0v) is 17.4. The third-order valence-electron chi connectivity index (χ3n) is 4.91. The van der Waals surface area contributed by atoms with Crippen LogP contribution in [0.3, 0.4) is 0 Å². The minimum Gasteiger partial charge on any atom is -0.378 e. The molecular formula is C24H23N5O2. The van der Waals surface area contributed by atoms with Gasteiger partial charge in [0.05, 0.1) is 11.9 Å². The topological polar surface area (TPSA) is 99.0 Å². The van der Waals surface area contributed by atoms with Gasteiger partial charge in [-0.05, 0) is 36.2 Å². The van der Waals surface area contributed by atoms with Crippen molar-refractivity contribution in [1.82, 2.24) is 9.97 Å². The van der Waals surface area contributed by atoms with Gasteiger partial charge in [-0.2, -0.15) is 5.26 Å². The van der Waals surface area contributed by atoms with Crippen molar-refractivity contribution in [3.8, 4) is 6.07 Å². The molecule has 0 unspecified atom stereocenters. The lowest BCUT2D eigenvalue weighted by Gasteiger charge is -2.17. The maximum atomic E-state index is 13.1. The molecule has 156 valence electrons. The van der Waals surface area contributed by atoms with Crippen molar-refractivity contribution < 1.29 is 9.59 Å². The highest BCUT2D eigenvalue weighted by Gasteiger charge is 2.24. The number of hydrogen-bond acceptors (Lipinski definition) is 6. The van der Waals surface area contributed by atoms with Gasteiger partial charge in [-0.25, -0.2) is 9.97 Å². The lowest BCUT2D eigenvalue weighted by Crippen LogP contribution is -2.27. The first-order valence-electron chi connectivity index (χ1n) is 9.83. The number of amides is 1. The maximum absolute atomic E-state index is 13.1. The van der Waals surface area contributed by atoms with Crippen LogP contribution in [0.5, 0.6) is 0 Å². The standard InChI is InChI=1S/C24H23N5O2/c1-29(2)20-10-8-18(9-11-20)23(30)13-19(12-17-6-4-3-5-7-17)24(31)28-22-15-26-16-27-21(22)14-25/h3-11,15-16,19H,12-13H2,1-2H3,(H,28,31)/t19-/m1/s1. The predicted molar refractivity (Wildman–Crippen MR) is 119 cm³/mol. The van der Waals surface area contributed by atoms with Gasteiger partial charge in [0.15, 0.2) is 11.5 Å². The summed E-state index contributed by atoms with van der Waals surface area (Å²) >= 11 is 0. The fraction of sp³-hybridized carbons (Fsp3) is 0.208. The van der Waals surface area contributed by atoms with Crippen molar-refractivity contribution in [3.63, 3.8) is 0 Å². The first-order chi connectivity index (χ1) is 15.0. The summed E-state index contributed by atoms with van der Waals surface area (Å²) in [5, 5.41) is 11.9. The van der Waals surface area contributed by atoms with Gasteiger partial charge in [0.1, 0.15) is 12.4 Å². The number of Topliss-reactive ketones (excluding diaryl/α,β-unsaturated/α-hetero) is 1. The number of nitriles is 1. The van der Waals surface area contributed by atoms with Gasteiger partial charge in [-0.1, -0.05) is 30.3 Å². The molecule has 0 saturated carbocycles. The van der Waals surface area contributed by atoms with Gasteiger partial charge in [0, 0.05) is 37.7 Å². The number of benzene rings is 2. The van der Waals surface area contributed by atoms with Crippen molar-refractivity contribution >= 4 is 23.1 Å². The van der Waals surface area contributed by atoms with E-state index in [9.17, 15) is 14.9 Å². The third kappa shape index (κ3) is 5.73. The smallest absolute Gasteiger partial charge is 0.228 e. The Bertz CT molecular complexity index is 1090. The van der Waals surface area contributed by atoms with Crippen LogP contribution in [0, 0.1) is 17.2 Å². The molecule has 0 aliphatic rings. The molecule has 1 amide bonds. The summed E-state index contributed by atoms with van der Waals surface area (Å²) in [6, 6.07) is 18.8. The number of rotatable bonds is 8. The van der Waals surface area contributed by atoms with Crippen LogP contribution in [0.1, 0.15) is 28.0 Å². The molecule has 3 aromatic rings. The molecule has 0 aliphatic heterocycles. The van der Waals surface area contributed by atoms with E-state index in [0.29, 0.717) is 12.0 Å². The van der Waals surface area contributed by atoms with Crippen LogP contribution in [0.2, 0.25) is 0 Å². The number of aromatic nitrogens is 2. The molecule has 2 aromatic carbocycles. The average Bonchev–Trinajstić information content (AvgIpc) is 2.79. The molecule has 7 heteroatoms. The summed E-state index contributed by atoms with van der Waals surface area (Å²) in [5.41, 5.74) is 2.80. The van der Waals surface area contributed by atoms with E-state index < -0.39 is 5.92 Å². The number of anilines is 2. The molecule has 1 atom stereocenters. The summed E-state index contributed by atoms with van der Waals surface area (Å²) in [5.74, 6) is -1.09. The Morgan fingerprint density at radius 2 is 1.81 bits per heavy atom. The lowest BCUT2D eigenvalue weighted by molar-refractivity contribution is -0.119. The van der Waals surface area contributed by atoms with Crippen molar-refractivity contribution in [2.24, 2.45) is 5.92 Å². The van der Waals surface area contributed by atoms with E-state index in [1.807, 2.05) is 67.5 Å². The van der Waals surface area contributed by atoms with Gasteiger partial charge in [0.2, 0.25) is 5.91 Å². The fourth-order valence-corrected chi connectivity index (χ4v) is 3.19. The molecular weight excluding hydrogens is 390 g/mol. The zero-order chi connectivity index (χ0) is 22.2. The highest BCUT2D eigenvalue weighted by atomic mass is 16.2. The highest BCUT2D eigenvalue weighted by molar-refractivity contribution is 6.01. The number of carbonyl (C=O) groups is 2. The quantitative estimate of drug-likeness (QED) is 0.568. The SMILES string of the molecule is CN(C)c1ccc(C(=O)C[C@@H](Cc2ccccc2)C(=O)Nc2cncnc2C#N)cc1. The number of carbonyl (C=O) groups excluding carboxylic acids is 2. The first-order valence-corrected chi connectivity index (χ1v) is 9.83. The summed E-state index contributed by atoms with van der Waals surface area (Å²) < 4.78 is 0. The van der Waals surface area contributed by atoms with Crippen molar-refractivity contribution in [2.45, 2.75) is 12.8 Å². The Morgan fingerprint density at radius 1 is 1.10 bits per heavy atom. The zero-order valence-electron chi connectivity index (χ0n) is 17.4. The second kappa shape index (κ2) is 10.1. The number of hydrogen-bond donors (Lipinski definition) is 1. The molecule has 0 radical (unpaired) electrons. The van der Waals surface area contributed by atoms with Crippen molar-refractivity contribution in [1.29, 1.82) is 5.26 Å². The van der Waals surface area contributed by atoms with E-state index in [4.69, 9.17) is 0 Å². The van der Waals surface area contributed by atoms with Crippen molar-refractivity contribution in [3.05, 3.63) is 83.9 Å². The van der Waals surface area contributed by atoms with Crippen LogP contribution >= 0.6 is 0 Å². The molecule has 1 aromatic heterocycles. The largest absolute Gasteiger partial charge is 0.378 e. The van der Waals surface area contributed by atoms with E-state index in [1.165, 1.54) is 12.5 Å². The molecule has 0 fully saturated rings.